The van der Waals surface area contributed by atoms with Crippen LogP contribution in [-0.4, -0.2) is 66.0 Å². The van der Waals surface area contributed by atoms with E-state index in [9.17, 15) is 4.79 Å². The van der Waals surface area contributed by atoms with Gasteiger partial charge in [0.1, 0.15) is 10.1 Å². The fourth-order valence-electron chi connectivity index (χ4n) is 2.88. The Kier molecular flexibility index (Phi) is 7.72. The van der Waals surface area contributed by atoms with Crippen molar-refractivity contribution >= 4 is 56.2 Å². The Morgan fingerprint density at radius 3 is 2.85 bits per heavy atom. The number of thiocarbonyl (C=S) groups is 1. The molecule has 0 aromatic heterocycles. The molecule has 2 aliphatic rings. The van der Waals surface area contributed by atoms with E-state index in [1.54, 1.807) is 4.90 Å². The highest BCUT2D eigenvalue weighted by molar-refractivity contribution is 9.10. The van der Waals surface area contributed by atoms with Gasteiger partial charge in [0, 0.05) is 36.2 Å². The highest BCUT2D eigenvalue weighted by Gasteiger charge is 2.32. The molecule has 0 radical (unpaired) electrons. The summed E-state index contributed by atoms with van der Waals surface area (Å²) in [5, 5.41) is 0. The monoisotopic (exact) mass is 470 g/mol. The minimum atomic E-state index is -0.0281. The molecule has 0 N–H and O–H groups in total. The van der Waals surface area contributed by atoms with Crippen LogP contribution < -0.4 is 4.74 Å². The molecule has 1 aromatic carbocycles. The largest absolute Gasteiger partial charge is 0.493 e. The van der Waals surface area contributed by atoms with E-state index in [1.807, 2.05) is 24.3 Å². The Balaban J connectivity index is 1.71. The minimum Gasteiger partial charge on any atom is -0.493 e. The number of hydrogen-bond acceptors (Lipinski definition) is 6. The van der Waals surface area contributed by atoms with Crippen LogP contribution in [0.4, 0.5) is 0 Å². The van der Waals surface area contributed by atoms with Gasteiger partial charge in [-0.1, -0.05) is 46.8 Å². The third kappa shape index (κ3) is 5.54. The number of rotatable bonds is 7. The second kappa shape index (κ2) is 10.0. The standard InChI is InChI=1S/C19H23BrN2O3S2/c1-2-9-25-16-4-3-15(20)12-14(16)13-17-18(23)22(19(26)27-17)6-5-21-7-10-24-11-8-21/h3-4,12-13H,2,5-11H2,1H3/b17-13-. The molecule has 2 aliphatic heterocycles. The predicted octanol–water partition coefficient (Wildman–Crippen LogP) is 3.77. The van der Waals surface area contributed by atoms with Gasteiger partial charge in [-0.2, -0.15) is 0 Å². The molecule has 2 saturated heterocycles. The van der Waals surface area contributed by atoms with Gasteiger partial charge >= 0.3 is 0 Å². The number of thioether (sulfide) groups is 1. The quantitative estimate of drug-likeness (QED) is 0.446. The maximum Gasteiger partial charge on any atom is 0.266 e. The van der Waals surface area contributed by atoms with Gasteiger partial charge in [-0.25, -0.2) is 0 Å². The lowest BCUT2D eigenvalue weighted by atomic mass is 10.2. The first kappa shape index (κ1) is 20.8. The average Bonchev–Trinajstić information content (AvgIpc) is 2.93. The molecule has 146 valence electrons. The molecule has 2 heterocycles. The summed E-state index contributed by atoms with van der Waals surface area (Å²) in [4.78, 5) is 17.5. The Hall–Kier alpha value is -0.930. The zero-order chi connectivity index (χ0) is 19.2. The molecule has 1 aromatic rings. The van der Waals surface area contributed by atoms with Crippen LogP contribution in [0.25, 0.3) is 6.08 Å². The predicted molar refractivity (Wildman–Crippen MR) is 117 cm³/mol. The summed E-state index contributed by atoms with van der Waals surface area (Å²) in [6, 6.07) is 5.83. The number of nitrogens with zero attached hydrogens (tertiary/aromatic N) is 2. The molecule has 1 amide bonds. The average molecular weight is 471 g/mol. The third-order valence-corrected chi connectivity index (χ3v) is 6.21. The van der Waals surface area contributed by atoms with E-state index >= 15 is 0 Å². The van der Waals surface area contributed by atoms with Crippen LogP contribution in [0.5, 0.6) is 5.75 Å². The molecule has 8 heteroatoms. The van der Waals surface area contributed by atoms with E-state index < -0.39 is 0 Å². The van der Waals surface area contributed by atoms with Crippen molar-refractivity contribution in [3.05, 3.63) is 33.1 Å². The van der Waals surface area contributed by atoms with E-state index in [-0.39, 0.29) is 5.91 Å². The molecular formula is C19H23BrN2O3S2. The molecule has 3 rings (SSSR count). The van der Waals surface area contributed by atoms with Crippen LogP contribution in [-0.2, 0) is 9.53 Å². The van der Waals surface area contributed by atoms with Gasteiger partial charge in [0.25, 0.3) is 5.91 Å². The Morgan fingerprint density at radius 1 is 1.33 bits per heavy atom. The SMILES string of the molecule is CCCOc1ccc(Br)cc1/C=C1\SC(=S)N(CCN2CCOCC2)C1=O. The summed E-state index contributed by atoms with van der Waals surface area (Å²) < 4.78 is 12.7. The molecule has 5 nitrogen and oxygen atoms in total. The highest BCUT2D eigenvalue weighted by Crippen LogP contribution is 2.35. The summed E-state index contributed by atoms with van der Waals surface area (Å²) in [6.45, 7) is 7.44. The van der Waals surface area contributed by atoms with Crippen molar-refractivity contribution in [3.8, 4) is 5.75 Å². The van der Waals surface area contributed by atoms with Gasteiger partial charge in [0.05, 0.1) is 24.7 Å². The van der Waals surface area contributed by atoms with Crippen molar-refractivity contribution in [3.63, 3.8) is 0 Å². The van der Waals surface area contributed by atoms with Crippen molar-refractivity contribution in [1.29, 1.82) is 0 Å². The summed E-state index contributed by atoms with van der Waals surface area (Å²) in [6.07, 6.45) is 2.81. The molecule has 2 fully saturated rings. The van der Waals surface area contributed by atoms with E-state index in [0.29, 0.717) is 22.4 Å². The molecular weight excluding hydrogens is 448 g/mol. The summed E-state index contributed by atoms with van der Waals surface area (Å²) >= 11 is 10.3. The zero-order valence-corrected chi connectivity index (χ0v) is 18.5. The van der Waals surface area contributed by atoms with Gasteiger partial charge in [0.15, 0.2) is 0 Å². The van der Waals surface area contributed by atoms with E-state index in [2.05, 4.69) is 27.8 Å². The molecule has 0 saturated carbocycles. The van der Waals surface area contributed by atoms with E-state index in [4.69, 9.17) is 21.7 Å². The van der Waals surface area contributed by atoms with Crippen LogP contribution in [0.15, 0.2) is 27.6 Å². The number of carbonyl (C=O) groups is 1. The van der Waals surface area contributed by atoms with Crippen molar-refractivity contribution < 1.29 is 14.3 Å². The van der Waals surface area contributed by atoms with Crippen LogP contribution in [0.3, 0.4) is 0 Å². The lowest BCUT2D eigenvalue weighted by molar-refractivity contribution is -0.122. The smallest absolute Gasteiger partial charge is 0.266 e. The normalized spacial score (nSPS) is 19.9. The lowest BCUT2D eigenvalue weighted by Crippen LogP contribution is -2.42. The number of ether oxygens (including phenoxy) is 2. The van der Waals surface area contributed by atoms with Crippen molar-refractivity contribution in [2.24, 2.45) is 0 Å². The first-order valence-electron chi connectivity index (χ1n) is 9.06. The topological polar surface area (TPSA) is 42.0 Å². The number of benzene rings is 1. The van der Waals surface area contributed by atoms with Gasteiger partial charge in [-0.05, 0) is 30.7 Å². The van der Waals surface area contributed by atoms with E-state index in [0.717, 1.165) is 55.1 Å². The van der Waals surface area contributed by atoms with Crippen LogP contribution in [0, 0.1) is 0 Å². The number of amides is 1. The molecule has 0 bridgehead atoms. The maximum absolute atomic E-state index is 12.9. The fourth-order valence-corrected chi connectivity index (χ4v) is 4.55. The second-order valence-corrected chi connectivity index (χ2v) is 8.91. The first-order chi connectivity index (χ1) is 13.1. The Morgan fingerprint density at radius 2 is 2.11 bits per heavy atom. The number of morpholine rings is 1. The van der Waals surface area contributed by atoms with Crippen molar-refractivity contribution in [1.82, 2.24) is 9.80 Å². The first-order valence-corrected chi connectivity index (χ1v) is 11.1. The summed E-state index contributed by atoms with van der Waals surface area (Å²) in [7, 11) is 0. The molecule has 0 unspecified atom stereocenters. The van der Waals surface area contributed by atoms with Gasteiger partial charge in [-0.15, -0.1) is 0 Å². The van der Waals surface area contributed by atoms with Crippen molar-refractivity contribution in [2.45, 2.75) is 13.3 Å². The zero-order valence-electron chi connectivity index (χ0n) is 15.3. The van der Waals surface area contributed by atoms with Gasteiger partial charge in [-0.3, -0.25) is 14.6 Å². The van der Waals surface area contributed by atoms with E-state index in [1.165, 1.54) is 11.8 Å². The molecule has 0 atom stereocenters. The fraction of sp³-hybridized carbons (Fsp3) is 0.474. The van der Waals surface area contributed by atoms with Gasteiger partial charge < -0.3 is 9.47 Å². The highest BCUT2D eigenvalue weighted by atomic mass is 79.9. The van der Waals surface area contributed by atoms with Gasteiger partial charge in [0.2, 0.25) is 0 Å². The Labute approximate surface area is 178 Å². The van der Waals surface area contributed by atoms with Crippen LogP contribution in [0.1, 0.15) is 18.9 Å². The van der Waals surface area contributed by atoms with Crippen LogP contribution >= 0.6 is 39.9 Å². The number of hydrogen-bond donors (Lipinski definition) is 0. The summed E-state index contributed by atoms with van der Waals surface area (Å²) in [5.74, 6) is 0.748. The molecule has 0 aliphatic carbocycles. The second-order valence-electron chi connectivity index (χ2n) is 6.32. The Bertz CT molecular complexity index is 736. The van der Waals surface area contributed by atoms with Crippen LogP contribution in [0.2, 0.25) is 0 Å². The third-order valence-electron chi connectivity index (χ3n) is 4.34. The minimum absolute atomic E-state index is 0.0281. The number of carbonyl (C=O) groups excluding carboxylic acids is 1. The molecule has 27 heavy (non-hydrogen) atoms. The number of halogens is 1. The molecule has 0 spiro atoms. The summed E-state index contributed by atoms with van der Waals surface area (Å²) in [5.41, 5.74) is 0.881. The lowest BCUT2D eigenvalue weighted by Gasteiger charge is -2.28. The maximum atomic E-state index is 12.9. The van der Waals surface area contributed by atoms with Crippen molar-refractivity contribution in [2.75, 3.05) is 46.0 Å².